The van der Waals surface area contributed by atoms with Crippen LogP contribution in [-0.2, 0) is 11.3 Å². The van der Waals surface area contributed by atoms with Crippen LogP contribution in [0, 0.1) is 0 Å². The Morgan fingerprint density at radius 2 is 2.22 bits per heavy atom. The number of aromatic nitrogens is 2. The Morgan fingerprint density at radius 1 is 1.44 bits per heavy atom. The van der Waals surface area contributed by atoms with Crippen LogP contribution >= 0.6 is 23.2 Å². The highest BCUT2D eigenvalue weighted by Crippen LogP contribution is 2.36. The van der Waals surface area contributed by atoms with Gasteiger partial charge in [0.15, 0.2) is 0 Å². The quantitative estimate of drug-likeness (QED) is 0.622. The predicted molar refractivity (Wildman–Crippen MR) is 74.6 cm³/mol. The maximum Gasteiger partial charge on any atom is 0.0820 e. The van der Waals surface area contributed by atoms with E-state index in [4.69, 9.17) is 27.9 Å². The molecule has 2 rings (SSSR count). The monoisotopic (exact) mass is 290 g/mol. The van der Waals surface area contributed by atoms with E-state index in [2.05, 4.69) is 5.10 Å². The molecule has 0 aromatic carbocycles. The van der Waals surface area contributed by atoms with Crippen LogP contribution in [0.5, 0.6) is 0 Å². The van der Waals surface area contributed by atoms with E-state index in [-0.39, 0.29) is 5.38 Å². The highest BCUT2D eigenvalue weighted by atomic mass is 35.5. The van der Waals surface area contributed by atoms with E-state index in [1.165, 1.54) is 12.8 Å². The number of hydrogen-bond acceptors (Lipinski definition) is 2. The maximum absolute atomic E-state index is 6.34. The predicted octanol–water partition coefficient (Wildman–Crippen LogP) is 3.84. The Bertz CT molecular complexity index is 381. The van der Waals surface area contributed by atoms with Crippen molar-refractivity contribution >= 4 is 23.2 Å². The second kappa shape index (κ2) is 6.78. The molecule has 0 N–H and O–H groups in total. The van der Waals surface area contributed by atoms with Gasteiger partial charge in [-0.2, -0.15) is 5.10 Å². The van der Waals surface area contributed by atoms with Gasteiger partial charge in [0.05, 0.1) is 30.1 Å². The van der Waals surface area contributed by atoms with Gasteiger partial charge in [0.2, 0.25) is 0 Å². The Balaban J connectivity index is 2.16. The van der Waals surface area contributed by atoms with E-state index in [1.54, 1.807) is 13.3 Å². The van der Waals surface area contributed by atoms with Crippen molar-refractivity contribution in [2.75, 3.05) is 13.7 Å². The SMILES string of the molecule is COCCn1ncc(Cl)c1C1CCCCC(Cl)C1. The average Bonchev–Trinajstić information content (AvgIpc) is 2.57. The Kier molecular flexibility index (Phi) is 5.34. The molecule has 5 heteroatoms. The minimum absolute atomic E-state index is 0.263. The van der Waals surface area contributed by atoms with Gasteiger partial charge in [-0.15, -0.1) is 11.6 Å². The number of ether oxygens (including phenoxy) is 1. The first kappa shape index (κ1) is 14.2. The highest BCUT2D eigenvalue weighted by Gasteiger charge is 2.25. The van der Waals surface area contributed by atoms with Crippen LogP contribution in [0.2, 0.25) is 5.02 Å². The van der Waals surface area contributed by atoms with Crippen molar-refractivity contribution < 1.29 is 4.74 Å². The summed E-state index contributed by atoms with van der Waals surface area (Å²) < 4.78 is 7.09. The minimum Gasteiger partial charge on any atom is -0.383 e. The van der Waals surface area contributed by atoms with E-state index >= 15 is 0 Å². The van der Waals surface area contributed by atoms with Crippen molar-refractivity contribution in [3.8, 4) is 0 Å². The van der Waals surface area contributed by atoms with Gasteiger partial charge < -0.3 is 4.74 Å². The highest BCUT2D eigenvalue weighted by molar-refractivity contribution is 6.31. The van der Waals surface area contributed by atoms with Gasteiger partial charge in [-0.1, -0.05) is 24.4 Å². The molecule has 1 aliphatic carbocycles. The van der Waals surface area contributed by atoms with Gasteiger partial charge in [0.1, 0.15) is 0 Å². The molecule has 1 aromatic heterocycles. The second-order valence-electron chi connectivity index (χ2n) is 4.91. The molecule has 102 valence electrons. The number of alkyl halides is 1. The number of nitrogens with zero attached hydrogens (tertiary/aromatic N) is 2. The number of rotatable bonds is 4. The summed E-state index contributed by atoms with van der Waals surface area (Å²) in [5, 5.41) is 5.37. The summed E-state index contributed by atoms with van der Waals surface area (Å²) >= 11 is 12.6. The number of halogens is 2. The summed E-state index contributed by atoms with van der Waals surface area (Å²) in [5.41, 5.74) is 1.14. The summed E-state index contributed by atoms with van der Waals surface area (Å²) in [6.07, 6.45) is 7.44. The molecular formula is C13H20Cl2N2O. The summed E-state index contributed by atoms with van der Waals surface area (Å²) in [6.45, 7) is 1.41. The van der Waals surface area contributed by atoms with Gasteiger partial charge in [0, 0.05) is 18.4 Å². The third-order valence-corrected chi connectivity index (χ3v) is 4.27. The van der Waals surface area contributed by atoms with Crippen LogP contribution < -0.4 is 0 Å². The first-order valence-electron chi connectivity index (χ1n) is 6.56. The molecule has 0 bridgehead atoms. The molecule has 0 saturated heterocycles. The maximum atomic E-state index is 6.34. The van der Waals surface area contributed by atoms with Crippen LogP contribution in [0.15, 0.2) is 6.20 Å². The fraction of sp³-hybridized carbons (Fsp3) is 0.769. The third-order valence-electron chi connectivity index (χ3n) is 3.59. The minimum atomic E-state index is 0.263. The lowest BCUT2D eigenvalue weighted by atomic mass is 9.96. The number of hydrogen-bond donors (Lipinski definition) is 0. The van der Waals surface area contributed by atoms with Crippen molar-refractivity contribution in [3.63, 3.8) is 0 Å². The molecule has 0 radical (unpaired) electrons. The molecule has 1 saturated carbocycles. The summed E-state index contributed by atoms with van der Waals surface area (Å²) in [5.74, 6) is 0.432. The van der Waals surface area contributed by atoms with Gasteiger partial charge in [0.25, 0.3) is 0 Å². The molecule has 18 heavy (non-hydrogen) atoms. The van der Waals surface area contributed by atoms with Crippen LogP contribution in [-0.4, -0.2) is 28.9 Å². The van der Waals surface area contributed by atoms with Crippen LogP contribution in [0.1, 0.15) is 43.7 Å². The summed E-state index contributed by atoms with van der Waals surface area (Å²) in [7, 11) is 1.70. The van der Waals surface area contributed by atoms with Crippen molar-refractivity contribution in [3.05, 3.63) is 16.9 Å². The molecule has 3 nitrogen and oxygen atoms in total. The lowest BCUT2D eigenvalue weighted by molar-refractivity contribution is 0.182. The van der Waals surface area contributed by atoms with Crippen LogP contribution in [0.3, 0.4) is 0 Å². The molecule has 1 heterocycles. The lowest BCUT2D eigenvalue weighted by Crippen LogP contribution is -2.14. The van der Waals surface area contributed by atoms with E-state index in [0.29, 0.717) is 12.5 Å². The molecule has 0 spiro atoms. The number of methoxy groups -OCH3 is 1. The zero-order valence-electron chi connectivity index (χ0n) is 10.7. The van der Waals surface area contributed by atoms with Crippen molar-refractivity contribution in [1.82, 2.24) is 9.78 Å². The van der Waals surface area contributed by atoms with Gasteiger partial charge in [-0.05, 0) is 19.3 Å². The molecule has 2 atom stereocenters. The summed E-state index contributed by atoms with van der Waals surface area (Å²) in [6, 6.07) is 0. The normalized spacial score (nSPS) is 25.1. The van der Waals surface area contributed by atoms with Gasteiger partial charge in [-0.3, -0.25) is 4.68 Å². The Hall–Kier alpha value is -0.250. The average molecular weight is 291 g/mol. The van der Waals surface area contributed by atoms with Crippen LogP contribution in [0.25, 0.3) is 0 Å². The van der Waals surface area contributed by atoms with Crippen molar-refractivity contribution in [1.29, 1.82) is 0 Å². The standard InChI is InChI=1S/C13H20Cl2N2O/c1-18-7-6-17-13(12(15)9-16-17)10-4-2-3-5-11(14)8-10/h9-11H,2-8H2,1H3. The van der Waals surface area contributed by atoms with Gasteiger partial charge >= 0.3 is 0 Å². The molecule has 0 aliphatic heterocycles. The molecule has 1 fully saturated rings. The smallest absolute Gasteiger partial charge is 0.0820 e. The molecule has 1 aromatic rings. The first-order chi connectivity index (χ1) is 8.72. The van der Waals surface area contributed by atoms with E-state index in [9.17, 15) is 0 Å². The van der Waals surface area contributed by atoms with E-state index in [1.807, 2.05) is 4.68 Å². The Morgan fingerprint density at radius 3 is 3.00 bits per heavy atom. The third kappa shape index (κ3) is 3.40. The molecule has 2 unspecified atom stereocenters. The molecule has 1 aliphatic rings. The topological polar surface area (TPSA) is 27.1 Å². The largest absolute Gasteiger partial charge is 0.383 e. The van der Waals surface area contributed by atoms with Crippen molar-refractivity contribution in [2.45, 2.75) is 49.9 Å². The zero-order valence-corrected chi connectivity index (χ0v) is 12.3. The fourth-order valence-corrected chi connectivity index (χ4v) is 3.35. The lowest BCUT2D eigenvalue weighted by Gasteiger charge is -2.18. The molecular weight excluding hydrogens is 271 g/mol. The van der Waals surface area contributed by atoms with Crippen LogP contribution in [0.4, 0.5) is 0 Å². The fourth-order valence-electron chi connectivity index (χ4n) is 2.68. The molecule has 0 amide bonds. The van der Waals surface area contributed by atoms with Crippen molar-refractivity contribution in [2.24, 2.45) is 0 Å². The second-order valence-corrected chi connectivity index (χ2v) is 5.93. The first-order valence-corrected chi connectivity index (χ1v) is 7.38. The van der Waals surface area contributed by atoms with E-state index < -0.39 is 0 Å². The Labute approximate surface area is 118 Å². The zero-order chi connectivity index (χ0) is 13.0. The van der Waals surface area contributed by atoms with E-state index in [0.717, 1.165) is 36.5 Å². The summed E-state index contributed by atoms with van der Waals surface area (Å²) in [4.78, 5) is 0. The van der Waals surface area contributed by atoms with Gasteiger partial charge in [-0.25, -0.2) is 0 Å².